The highest BCUT2D eigenvalue weighted by Gasteiger charge is 2.17. The quantitative estimate of drug-likeness (QED) is 0.724. The normalized spacial score (nSPS) is 11.0. The van der Waals surface area contributed by atoms with Crippen molar-refractivity contribution in [2.45, 2.75) is 20.0 Å². The molecular weight excluding hydrogens is 294 g/mol. The molecule has 0 atom stereocenters. The van der Waals surface area contributed by atoms with Crippen LogP contribution in [-0.2, 0) is 0 Å². The molecule has 6 heteroatoms. The standard InChI is InChI=1S/C17H19N3O3/c1-11(2)23-17-16-19-10-13(20(16)9-8-18-17)12-6-5-7-14(21-3)15(12)22-4/h5-11H,1-4H3. The van der Waals surface area contributed by atoms with Crippen LogP contribution >= 0.6 is 0 Å². The maximum Gasteiger partial charge on any atom is 0.258 e. The van der Waals surface area contributed by atoms with Crippen LogP contribution in [0.3, 0.4) is 0 Å². The highest BCUT2D eigenvalue weighted by atomic mass is 16.5. The molecule has 0 spiro atoms. The maximum atomic E-state index is 5.73. The number of nitrogens with zero attached hydrogens (tertiary/aromatic N) is 3. The molecule has 3 rings (SSSR count). The monoisotopic (exact) mass is 313 g/mol. The lowest BCUT2D eigenvalue weighted by Crippen LogP contribution is -2.08. The van der Waals surface area contributed by atoms with Crippen LogP contribution in [0.4, 0.5) is 0 Å². The molecule has 0 fully saturated rings. The number of fused-ring (bicyclic) bond motifs is 1. The maximum absolute atomic E-state index is 5.73. The minimum Gasteiger partial charge on any atom is -0.493 e. The number of imidazole rings is 1. The Hall–Kier alpha value is -2.76. The van der Waals surface area contributed by atoms with E-state index in [0.717, 1.165) is 11.3 Å². The van der Waals surface area contributed by atoms with Gasteiger partial charge in [0.25, 0.3) is 5.88 Å². The van der Waals surface area contributed by atoms with Gasteiger partial charge in [0.1, 0.15) is 0 Å². The van der Waals surface area contributed by atoms with Gasteiger partial charge in [0.15, 0.2) is 11.5 Å². The van der Waals surface area contributed by atoms with Crippen molar-refractivity contribution in [3.8, 4) is 28.6 Å². The Kier molecular flexibility index (Phi) is 4.06. The second kappa shape index (κ2) is 6.16. The van der Waals surface area contributed by atoms with Crippen LogP contribution in [0.1, 0.15) is 13.8 Å². The third kappa shape index (κ3) is 2.67. The molecule has 0 bridgehead atoms. The van der Waals surface area contributed by atoms with Crippen molar-refractivity contribution in [3.05, 3.63) is 36.8 Å². The summed E-state index contributed by atoms with van der Waals surface area (Å²) >= 11 is 0. The van der Waals surface area contributed by atoms with E-state index in [1.807, 2.05) is 42.6 Å². The lowest BCUT2D eigenvalue weighted by Gasteiger charge is -2.13. The Labute approximate surface area is 134 Å². The van der Waals surface area contributed by atoms with Crippen LogP contribution in [0, 0.1) is 0 Å². The Morgan fingerprint density at radius 1 is 1.09 bits per heavy atom. The average molecular weight is 313 g/mol. The number of methoxy groups -OCH3 is 2. The molecule has 0 unspecified atom stereocenters. The van der Waals surface area contributed by atoms with E-state index in [1.165, 1.54) is 0 Å². The van der Waals surface area contributed by atoms with E-state index in [1.54, 1.807) is 26.6 Å². The summed E-state index contributed by atoms with van der Waals surface area (Å²) in [5.74, 6) is 1.85. The molecule has 0 radical (unpaired) electrons. The Balaban J connectivity index is 2.19. The third-order valence-corrected chi connectivity index (χ3v) is 3.42. The van der Waals surface area contributed by atoms with Crippen molar-refractivity contribution in [1.29, 1.82) is 0 Å². The highest BCUT2D eigenvalue weighted by molar-refractivity contribution is 5.74. The van der Waals surface area contributed by atoms with Gasteiger partial charge in [0.2, 0.25) is 5.65 Å². The summed E-state index contributed by atoms with van der Waals surface area (Å²) in [5, 5.41) is 0. The van der Waals surface area contributed by atoms with Crippen molar-refractivity contribution in [1.82, 2.24) is 14.4 Å². The molecule has 2 heterocycles. The predicted octanol–water partition coefficient (Wildman–Crippen LogP) is 3.20. The molecule has 0 aliphatic heterocycles. The molecule has 0 aliphatic carbocycles. The molecule has 2 aromatic heterocycles. The molecule has 23 heavy (non-hydrogen) atoms. The summed E-state index contributed by atoms with van der Waals surface area (Å²) in [5.41, 5.74) is 2.44. The van der Waals surface area contributed by atoms with Crippen LogP contribution < -0.4 is 14.2 Å². The topological polar surface area (TPSA) is 57.9 Å². The predicted molar refractivity (Wildman–Crippen MR) is 87.3 cm³/mol. The van der Waals surface area contributed by atoms with Crippen molar-refractivity contribution < 1.29 is 14.2 Å². The molecule has 0 amide bonds. The summed E-state index contributed by atoms with van der Waals surface area (Å²) in [6, 6.07) is 5.75. The lowest BCUT2D eigenvalue weighted by atomic mass is 10.1. The van der Waals surface area contributed by atoms with E-state index < -0.39 is 0 Å². The summed E-state index contributed by atoms with van der Waals surface area (Å²) in [7, 11) is 3.24. The molecule has 0 saturated carbocycles. The molecule has 1 aromatic carbocycles. The SMILES string of the molecule is COc1cccc(-c2cnc3c(OC(C)C)nccn23)c1OC. The third-order valence-electron chi connectivity index (χ3n) is 3.42. The second-order valence-electron chi connectivity index (χ2n) is 5.28. The van der Waals surface area contributed by atoms with Crippen molar-refractivity contribution >= 4 is 5.65 Å². The summed E-state index contributed by atoms with van der Waals surface area (Å²) in [4.78, 5) is 8.73. The van der Waals surface area contributed by atoms with Crippen molar-refractivity contribution in [3.63, 3.8) is 0 Å². The molecule has 0 saturated heterocycles. The zero-order valence-corrected chi connectivity index (χ0v) is 13.6. The van der Waals surface area contributed by atoms with Gasteiger partial charge in [-0.25, -0.2) is 9.97 Å². The van der Waals surface area contributed by atoms with Gasteiger partial charge in [-0.2, -0.15) is 0 Å². The lowest BCUT2D eigenvalue weighted by molar-refractivity contribution is 0.234. The van der Waals surface area contributed by atoms with Gasteiger partial charge >= 0.3 is 0 Å². The van der Waals surface area contributed by atoms with Crippen molar-refractivity contribution in [2.24, 2.45) is 0 Å². The number of benzene rings is 1. The fourth-order valence-electron chi connectivity index (χ4n) is 2.49. The number of hydrogen-bond acceptors (Lipinski definition) is 5. The van der Waals surface area contributed by atoms with E-state index in [2.05, 4.69) is 9.97 Å². The van der Waals surface area contributed by atoms with E-state index >= 15 is 0 Å². The zero-order valence-electron chi connectivity index (χ0n) is 13.6. The number of aromatic nitrogens is 3. The van der Waals surface area contributed by atoms with Crippen LogP contribution in [-0.4, -0.2) is 34.7 Å². The average Bonchev–Trinajstić information content (AvgIpc) is 2.98. The van der Waals surface area contributed by atoms with Gasteiger partial charge in [-0.05, 0) is 26.0 Å². The van der Waals surface area contributed by atoms with Gasteiger partial charge < -0.3 is 14.2 Å². The first-order chi connectivity index (χ1) is 11.2. The van der Waals surface area contributed by atoms with E-state index in [-0.39, 0.29) is 6.10 Å². The van der Waals surface area contributed by atoms with Crippen LogP contribution in [0.5, 0.6) is 17.4 Å². The molecule has 0 N–H and O–H groups in total. The minimum atomic E-state index is 0.0280. The fraction of sp³-hybridized carbons (Fsp3) is 0.294. The first-order valence-electron chi connectivity index (χ1n) is 7.35. The first kappa shape index (κ1) is 15.1. The molecule has 120 valence electrons. The Bertz CT molecular complexity index is 827. The smallest absolute Gasteiger partial charge is 0.258 e. The van der Waals surface area contributed by atoms with Crippen LogP contribution in [0.2, 0.25) is 0 Å². The largest absolute Gasteiger partial charge is 0.493 e. The fourth-order valence-corrected chi connectivity index (χ4v) is 2.49. The summed E-state index contributed by atoms with van der Waals surface area (Å²) in [6.07, 6.45) is 5.36. The molecule has 6 nitrogen and oxygen atoms in total. The minimum absolute atomic E-state index is 0.0280. The summed E-state index contributed by atoms with van der Waals surface area (Å²) in [6.45, 7) is 3.92. The zero-order chi connectivity index (χ0) is 16.4. The van der Waals surface area contributed by atoms with Crippen LogP contribution in [0.15, 0.2) is 36.8 Å². The van der Waals surface area contributed by atoms with Gasteiger partial charge in [-0.3, -0.25) is 4.40 Å². The van der Waals surface area contributed by atoms with E-state index in [9.17, 15) is 0 Å². The highest BCUT2D eigenvalue weighted by Crippen LogP contribution is 2.38. The number of rotatable bonds is 5. The van der Waals surface area contributed by atoms with Crippen molar-refractivity contribution in [2.75, 3.05) is 14.2 Å². The Morgan fingerprint density at radius 2 is 1.91 bits per heavy atom. The first-order valence-corrected chi connectivity index (χ1v) is 7.35. The second-order valence-corrected chi connectivity index (χ2v) is 5.28. The van der Waals surface area contributed by atoms with E-state index in [4.69, 9.17) is 14.2 Å². The molecule has 3 aromatic rings. The number of hydrogen-bond donors (Lipinski definition) is 0. The molecule has 0 aliphatic rings. The number of para-hydroxylation sites is 1. The van der Waals surface area contributed by atoms with Gasteiger partial charge in [0.05, 0.1) is 32.2 Å². The number of ether oxygens (including phenoxy) is 3. The molecular formula is C17H19N3O3. The summed E-state index contributed by atoms with van der Waals surface area (Å²) < 4.78 is 18.6. The van der Waals surface area contributed by atoms with E-state index in [0.29, 0.717) is 23.0 Å². The van der Waals surface area contributed by atoms with Gasteiger partial charge in [-0.15, -0.1) is 0 Å². The van der Waals surface area contributed by atoms with Crippen LogP contribution in [0.25, 0.3) is 16.9 Å². The van der Waals surface area contributed by atoms with Gasteiger partial charge in [-0.1, -0.05) is 6.07 Å². The van der Waals surface area contributed by atoms with Gasteiger partial charge in [0, 0.05) is 18.0 Å². The Morgan fingerprint density at radius 3 is 2.61 bits per heavy atom.